The highest BCUT2D eigenvalue weighted by molar-refractivity contribution is 5.20. The molecule has 0 spiro atoms. The third-order valence-corrected chi connectivity index (χ3v) is 3.98. The predicted octanol–water partition coefficient (Wildman–Crippen LogP) is 4.17. The molecule has 2 aliphatic rings. The van der Waals surface area contributed by atoms with Crippen LogP contribution >= 0.6 is 0 Å². The molecule has 74 valence electrons. The first-order chi connectivity index (χ1) is 6.16. The van der Waals surface area contributed by atoms with Crippen molar-refractivity contribution in [1.82, 2.24) is 0 Å². The Labute approximate surface area is 82.4 Å². The highest BCUT2D eigenvalue weighted by Gasteiger charge is 2.30. The summed E-state index contributed by atoms with van der Waals surface area (Å²) in [5.74, 6) is 2.94. The van der Waals surface area contributed by atoms with Crippen LogP contribution < -0.4 is 0 Å². The molecule has 1 fully saturated rings. The summed E-state index contributed by atoms with van der Waals surface area (Å²) < 4.78 is 0. The Morgan fingerprint density at radius 3 is 2.31 bits per heavy atom. The van der Waals surface area contributed by atoms with Gasteiger partial charge in [-0.05, 0) is 56.8 Å². The second kappa shape index (κ2) is 3.48. The first kappa shape index (κ1) is 9.30. The van der Waals surface area contributed by atoms with Crippen molar-refractivity contribution in [3.8, 4) is 0 Å². The van der Waals surface area contributed by atoms with Crippen LogP contribution in [0.25, 0.3) is 0 Å². The molecule has 0 heteroatoms. The van der Waals surface area contributed by atoms with Crippen molar-refractivity contribution in [1.29, 1.82) is 0 Å². The van der Waals surface area contributed by atoms with Gasteiger partial charge in [0, 0.05) is 0 Å². The van der Waals surface area contributed by atoms with Gasteiger partial charge in [-0.2, -0.15) is 0 Å². The second-order valence-electron chi connectivity index (χ2n) is 5.43. The molecule has 0 aromatic carbocycles. The van der Waals surface area contributed by atoms with E-state index in [-0.39, 0.29) is 0 Å². The summed E-state index contributed by atoms with van der Waals surface area (Å²) in [7, 11) is 0. The maximum Gasteiger partial charge on any atom is -0.0196 e. The molecule has 13 heavy (non-hydrogen) atoms. The van der Waals surface area contributed by atoms with Crippen LogP contribution in [0.15, 0.2) is 11.1 Å². The zero-order chi connectivity index (χ0) is 9.42. The molecule has 0 bridgehead atoms. The van der Waals surface area contributed by atoms with Gasteiger partial charge in [0.15, 0.2) is 0 Å². The molecular weight excluding hydrogens is 156 g/mol. The molecule has 0 N–H and O–H groups in total. The number of rotatable bonds is 1. The second-order valence-corrected chi connectivity index (χ2v) is 5.43. The molecule has 0 aliphatic heterocycles. The number of hydrogen-bond donors (Lipinski definition) is 0. The SMILES string of the molecule is CC1=C(C2CC(C)C2)CCC(C)C1. The van der Waals surface area contributed by atoms with E-state index in [2.05, 4.69) is 20.8 Å². The van der Waals surface area contributed by atoms with Gasteiger partial charge >= 0.3 is 0 Å². The average molecular weight is 178 g/mol. The van der Waals surface area contributed by atoms with Crippen LogP contribution in [-0.2, 0) is 0 Å². The summed E-state index contributed by atoms with van der Waals surface area (Å²) in [6, 6.07) is 0. The minimum Gasteiger partial charge on any atom is -0.0736 e. The smallest absolute Gasteiger partial charge is 0.0196 e. The zero-order valence-electron chi connectivity index (χ0n) is 9.27. The maximum atomic E-state index is 2.39. The Balaban J connectivity index is 2.01. The largest absolute Gasteiger partial charge is 0.0736 e. The van der Waals surface area contributed by atoms with Gasteiger partial charge in [0.25, 0.3) is 0 Å². The summed E-state index contributed by atoms with van der Waals surface area (Å²) >= 11 is 0. The molecule has 0 aromatic heterocycles. The van der Waals surface area contributed by atoms with Gasteiger partial charge in [0.2, 0.25) is 0 Å². The van der Waals surface area contributed by atoms with Crippen molar-refractivity contribution in [3.63, 3.8) is 0 Å². The molecule has 2 rings (SSSR count). The number of allylic oxidation sites excluding steroid dienone is 2. The standard InChI is InChI=1S/C13H22/c1-9-4-5-13(11(3)6-9)12-7-10(2)8-12/h9-10,12H,4-8H2,1-3H3. The van der Waals surface area contributed by atoms with E-state index in [9.17, 15) is 0 Å². The molecule has 0 radical (unpaired) electrons. The van der Waals surface area contributed by atoms with Crippen molar-refractivity contribution in [2.45, 2.75) is 52.9 Å². The summed E-state index contributed by atoms with van der Waals surface area (Å²) in [5, 5.41) is 0. The Hall–Kier alpha value is -0.260. The first-order valence-corrected chi connectivity index (χ1v) is 5.85. The fourth-order valence-electron chi connectivity index (χ4n) is 3.11. The van der Waals surface area contributed by atoms with Crippen LogP contribution in [0.5, 0.6) is 0 Å². The molecule has 0 saturated heterocycles. The quantitative estimate of drug-likeness (QED) is 0.529. The monoisotopic (exact) mass is 178 g/mol. The van der Waals surface area contributed by atoms with E-state index in [1.807, 2.05) is 5.57 Å². The Bertz CT molecular complexity index is 218. The van der Waals surface area contributed by atoms with Crippen molar-refractivity contribution >= 4 is 0 Å². The van der Waals surface area contributed by atoms with E-state index in [0.717, 1.165) is 17.8 Å². The highest BCUT2D eigenvalue weighted by Crippen LogP contribution is 2.44. The lowest BCUT2D eigenvalue weighted by Crippen LogP contribution is -2.25. The van der Waals surface area contributed by atoms with E-state index in [1.165, 1.54) is 32.1 Å². The predicted molar refractivity (Wildman–Crippen MR) is 57.6 cm³/mol. The van der Waals surface area contributed by atoms with Crippen LogP contribution in [0.3, 0.4) is 0 Å². The van der Waals surface area contributed by atoms with E-state index < -0.39 is 0 Å². The van der Waals surface area contributed by atoms with E-state index in [4.69, 9.17) is 0 Å². The van der Waals surface area contributed by atoms with Gasteiger partial charge in [0.1, 0.15) is 0 Å². The summed E-state index contributed by atoms with van der Waals surface area (Å²) in [5.41, 5.74) is 3.58. The minimum atomic E-state index is 0.946. The molecule has 0 aromatic rings. The van der Waals surface area contributed by atoms with Gasteiger partial charge in [-0.1, -0.05) is 25.0 Å². The molecule has 1 atom stereocenters. The maximum absolute atomic E-state index is 2.39. The summed E-state index contributed by atoms with van der Waals surface area (Å²) in [6.45, 7) is 7.15. The lowest BCUT2D eigenvalue weighted by Gasteiger charge is -2.38. The van der Waals surface area contributed by atoms with Crippen LogP contribution in [0, 0.1) is 17.8 Å². The van der Waals surface area contributed by atoms with E-state index in [1.54, 1.807) is 5.57 Å². The molecule has 0 nitrogen and oxygen atoms in total. The number of hydrogen-bond acceptors (Lipinski definition) is 0. The van der Waals surface area contributed by atoms with Crippen LogP contribution in [0.4, 0.5) is 0 Å². The normalized spacial score (nSPS) is 40.4. The van der Waals surface area contributed by atoms with Crippen molar-refractivity contribution in [2.24, 2.45) is 17.8 Å². The Morgan fingerprint density at radius 2 is 1.77 bits per heavy atom. The van der Waals surface area contributed by atoms with Crippen LogP contribution in [0.2, 0.25) is 0 Å². The van der Waals surface area contributed by atoms with Crippen molar-refractivity contribution in [2.75, 3.05) is 0 Å². The van der Waals surface area contributed by atoms with Crippen LogP contribution in [0.1, 0.15) is 52.9 Å². The van der Waals surface area contributed by atoms with Crippen molar-refractivity contribution in [3.05, 3.63) is 11.1 Å². The van der Waals surface area contributed by atoms with Crippen LogP contribution in [-0.4, -0.2) is 0 Å². The summed E-state index contributed by atoms with van der Waals surface area (Å²) in [6.07, 6.45) is 7.17. The van der Waals surface area contributed by atoms with Crippen molar-refractivity contribution < 1.29 is 0 Å². The molecular formula is C13H22. The topological polar surface area (TPSA) is 0 Å². The summed E-state index contributed by atoms with van der Waals surface area (Å²) in [4.78, 5) is 0. The van der Waals surface area contributed by atoms with E-state index in [0.29, 0.717) is 0 Å². The Morgan fingerprint density at radius 1 is 1.08 bits per heavy atom. The van der Waals surface area contributed by atoms with Gasteiger partial charge in [-0.25, -0.2) is 0 Å². The molecule has 0 heterocycles. The molecule has 1 unspecified atom stereocenters. The van der Waals surface area contributed by atoms with Gasteiger partial charge in [-0.3, -0.25) is 0 Å². The molecule has 2 aliphatic carbocycles. The lowest BCUT2D eigenvalue weighted by molar-refractivity contribution is 0.236. The van der Waals surface area contributed by atoms with Gasteiger partial charge < -0.3 is 0 Å². The fraction of sp³-hybridized carbons (Fsp3) is 0.846. The first-order valence-electron chi connectivity index (χ1n) is 5.85. The van der Waals surface area contributed by atoms with E-state index >= 15 is 0 Å². The Kier molecular flexibility index (Phi) is 2.49. The van der Waals surface area contributed by atoms with Gasteiger partial charge in [-0.15, -0.1) is 0 Å². The molecule has 1 saturated carbocycles. The minimum absolute atomic E-state index is 0.946. The van der Waals surface area contributed by atoms with Gasteiger partial charge in [0.05, 0.1) is 0 Å². The lowest BCUT2D eigenvalue weighted by atomic mass is 9.67. The third kappa shape index (κ3) is 1.82. The highest BCUT2D eigenvalue weighted by atomic mass is 14.4. The zero-order valence-corrected chi connectivity index (χ0v) is 9.27. The fourth-order valence-corrected chi connectivity index (χ4v) is 3.11. The third-order valence-electron chi connectivity index (χ3n) is 3.98. The molecule has 0 amide bonds. The average Bonchev–Trinajstić information content (AvgIpc) is 2.00.